The first-order chi connectivity index (χ1) is 8.13. The second-order valence-corrected chi connectivity index (χ2v) is 6.01. The minimum atomic E-state index is 0.00742. The molecule has 0 N–H and O–H groups in total. The molecule has 2 rings (SSSR count). The van der Waals surface area contributed by atoms with Crippen molar-refractivity contribution in [3.8, 4) is 0 Å². The van der Waals surface area contributed by atoms with Gasteiger partial charge in [-0.25, -0.2) is 0 Å². The van der Waals surface area contributed by atoms with Gasteiger partial charge in [0.15, 0.2) is 0 Å². The second kappa shape index (κ2) is 5.19. The van der Waals surface area contributed by atoms with Crippen molar-refractivity contribution >= 4 is 39.9 Å². The van der Waals surface area contributed by atoms with Crippen LogP contribution in [0.2, 0.25) is 0 Å². The highest BCUT2D eigenvalue weighted by atomic mass is 32.2. The van der Waals surface area contributed by atoms with E-state index in [0.717, 1.165) is 24.1 Å². The van der Waals surface area contributed by atoms with Gasteiger partial charge in [0.2, 0.25) is 5.91 Å². The van der Waals surface area contributed by atoms with Crippen molar-refractivity contribution in [1.29, 1.82) is 0 Å². The minimum Gasteiger partial charge on any atom is -0.273 e. The van der Waals surface area contributed by atoms with Crippen LogP contribution in [0.15, 0.2) is 24.3 Å². The third kappa shape index (κ3) is 2.53. The average molecular weight is 265 g/mol. The number of carbonyl (C=O) groups is 1. The average Bonchev–Trinajstić information content (AvgIpc) is 2.55. The highest BCUT2D eigenvalue weighted by molar-refractivity contribution is 8.25. The standard InChI is InChI=1S/C13H15NOS2/c1-3-5-11-12(15)14(13(16)17-11)10-7-4-6-9(2)8-10/h4,6-8,11H,3,5H2,1-2H3. The molecule has 0 bridgehead atoms. The van der Waals surface area contributed by atoms with Gasteiger partial charge in [0.05, 0.1) is 10.9 Å². The quantitative estimate of drug-likeness (QED) is 0.780. The predicted octanol–water partition coefficient (Wildman–Crippen LogP) is 3.53. The molecule has 1 fully saturated rings. The molecule has 2 nitrogen and oxygen atoms in total. The molecule has 0 aliphatic carbocycles. The van der Waals surface area contributed by atoms with Gasteiger partial charge in [-0.1, -0.05) is 49.5 Å². The molecule has 1 aromatic rings. The molecule has 4 heteroatoms. The van der Waals surface area contributed by atoms with Crippen LogP contribution < -0.4 is 4.90 Å². The highest BCUT2D eigenvalue weighted by Gasteiger charge is 2.36. The number of thioether (sulfide) groups is 1. The summed E-state index contributed by atoms with van der Waals surface area (Å²) in [7, 11) is 0. The van der Waals surface area contributed by atoms with Gasteiger partial charge in [-0.15, -0.1) is 0 Å². The lowest BCUT2D eigenvalue weighted by Gasteiger charge is -2.16. The normalized spacial score (nSPS) is 20.1. The van der Waals surface area contributed by atoms with E-state index in [2.05, 4.69) is 6.92 Å². The first-order valence-corrected chi connectivity index (χ1v) is 7.03. The summed E-state index contributed by atoms with van der Waals surface area (Å²) in [5.74, 6) is 0.132. The Bertz CT molecular complexity index is 458. The zero-order valence-corrected chi connectivity index (χ0v) is 11.6. The third-order valence-corrected chi connectivity index (χ3v) is 4.31. The van der Waals surface area contributed by atoms with Gasteiger partial charge in [0, 0.05) is 0 Å². The summed E-state index contributed by atoms with van der Waals surface area (Å²) in [5.41, 5.74) is 2.04. The number of nitrogens with zero attached hydrogens (tertiary/aromatic N) is 1. The molecule has 1 saturated heterocycles. The Labute approximate surface area is 111 Å². The lowest BCUT2D eigenvalue weighted by atomic mass is 10.2. The van der Waals surface area contributed by atoms with Crippen LogP contribution in [0.4, 0.5) is 5.69 Å². The molecular weight excluding hydrogens is 250 g/mol. The van der Waals surface area contributed by atoms with E-state index >= 15 is 0 Å². The molecule has 0 saturated carbocycles. The van der Waals surface area contributed by atoms with E-state index in [0.29, 0.717) is 4.32 Å². The molecule has 1 aromatic carbocycles. The van der Waals surface area contributed by atoms with Crippen LogP contribution >= 0.6 is 24.0 Å². The molecule has 1 heterocycles. The van der Waals surface area contributed by atoms with Gasteiger partial charge in [-0.2, -0.15) is 0 Å². The van der Waals surface area contributed by atoms with Gasteiger partial charge < -0.3 is 0 Å². The Kier molecular flexibility index (Phi) is 3.84. The molecule has 1 atom stereocenters. The van der Waals surface area contributed by atoms with E-state index in [-0.39, 0.29) is 11.2 Å². The number of amides is 1. The Hall–Kier alpha value is -0.870. The number of thiocarbonyl (C=S) groups is 1. The Morgan fingerprint density at radius 3 is 2.88 bits per heavy atom. The maximum atomic E-state index is 12.2. The Morgan fingerprint density at radius 2 is 2.24 bits per heavy atom. The molecule has 1 unspecified atom stereocenters. The molecule has 1 amide bonds. The number of benzene rings is 1. The van der Waals surface area contributed by atoms with Crippen molar-refractivity contribution in [1.82, 2.24) is 0 Å². The molecule has 1 aliphatic heterocycles. The molecule has 17 heavy (non-hydrogen) atoms. The van der Waals surface area contributed by atoms with Crippen molar-refractivity contribution < 1.29 is 4.79 Å². The summed E-state index contributed by atoms with van der Waals surface area (Å²) in [6.45, 7) is 4.11. The summed E-state index contributed by atoms with van der Waals surface area (Å²) in [4.78, 5) is 13.9. The highest BCUT2D eigenvalue weighted by Crippen LogP contribution is 2.34. The number of anilines is 1. The van der Waals surface area contributed by atoms with Crippen molar-refractivity contribution in [2.45, 2.75) is 31.9 Å². The van der Waals surface area contributed by atoms with Gasteiger partial charge in [0.25, 0.3) is 0 Å². The lowest BCUT2D eigenvalue weighted by molar-refractivity contribution is -0.117. The van der Waals surface area contributed by atoms with Crippen molar-refractivity contribution in [3.63, 3.8) is 0 Å². The Balaban J connectivity index is 2.27. The van der Waals surface area contributed by atoms with E-state index in [4.69, 9.17) is 12.2 Å². The fourth-order valence-electron chi connectivity index (χ4n) is 1.90. The van der Waals surface area contributed by atoms with E-state index < -0.39 is 0 Å². The summed E-state index contributed by atoms with van der Waals surface area (Å²) >= 11 is 6.82. The van der Waals surface area contributed by atoms with E-state index in [1.165, 1.54) is 11.8 Å². The molecule has 0 radical (unpaired) electrons. The van der Waals surface area contributed by atoms with Crippen molar-refractivity contribution in [2.24, 2.45) is 0 Å². The molecular formula is C13H15NOS2. The molecule has 0 spiro atoms. The van der Waals surface area contributed by atoms with Crippen LogP contribution in [0.5, 0.6) is 0 Å². The van der Waals surface area contributed by atoms with Crippen LogP contribution in [-0.2, 0) is 4.79 Å². The van der Waals surface area contributed by atoms with Crippen LogP contribution in [-0.4, -0.2) is 15.5 Å². The van der Waals surface area contributed by atoms with Crippen LogP contribution in [0, 0.1) is 6.92 Å². The second-order valence-electron chi connectivity index (χ2n) is 4.17. The number of hydrogen-bond donors (Lipinski definition) is 0. The monoisotopic (exact) mass is 265 g/mol. The van der Waals surface area contributed by atoms with Gasteiger partial charge >= 0.3 is 0 Å². The van der Waals surface area contributed by atoms with E-state index in [9.17, 15) is 4.79 Å². The van der Waals surface area contributed by atoms with Crippen LogP contribution in [0.3, 0.4) is 0 Å². The Morgan fingerprint density at radius 1 is 1.47 bits per heavy atom. The predicted molar refractivity (Wildman–Crippen MR) is 77.6 cm³/mol. The molecule has 0 aromatic heterocycles. The number of aryl methyl sites for hydroxylation is 1. The number of rotatable bonds is 3. The topological polar surface area (TPSA) is 20.3 Å². The molecule has 90 valence electrons. The zero-order valence-electron chi connectivity index (χ0n) is 9.97. The van der Waals surface area contributed by atoms with Gasteiger partial charge in [0.1, 0.15) is 4.32 Å². The van der Waals surface area contributed by atoms with Crippen molar-refractivity contribution in [3.05, 3.63) is 29.8 Å². The lowest BCUT2D eigenvalue weighted by Crippen LogP contribution is -2.31. The largest absolute Gasteiger partial charge is 0.273 e. The van der Waals surface area contributed by atoms with Crippen LogP contribution in [0.25, 0.3) is 0 Å². The number of carbonyl (C=O) groups excluding carboxylic acids is 1. The van der Waals surface area contributed by atoms with E-state index in [1.807, 2.05) is 31.2 Å². The van der Waals surface area contributed by atoms with Crippen LogP contribution in [0.1, 0.15) is 25.3 Å². The maximum absolute atomic E-state index is 12.2. The smallest absolute Gasteiger partial charge is 0.246 e. The fourth-order valence-corrected chi connectivity index (χ4v) is 3.55. The van der Waals surface area contributed by atoms with Gasteiger partial charge in [-0.05, 0) is 31.0 Å². The summed E-state index contributed by atoms with van der Waals surface area (Å²) in [6.07, 6.45) is 1.90. The van der Waals surface area contributed by atoms with E-state index in [1.54, 1.807) is 4.90 Å². The first-order valence-electron chi connectivity index (χ1n) is 5.74. The maximum Gasteiger partial charge on any atom is 0.246 e. The SMILES string of the molecule is CCCC1SC(=S)N(c2cccc(C)c2)C1=O. The minimum absolute atomic E-state index is 0.00742. The number of hydrogen-bond acceptors (Lipinski definition) is 3. The summed E-state index contributed by atoms with van der Waals surface area (Å²) in [5, 5.41) is 0.00742. The summed E-state index contributed by atoms with van der Waals surface area (Å²) in [6, 6.07) is 7.91. The van der Waals surface area contributed by atoms with Crippen molar-refractivity contribution in [2.75, 3.05) is 4.90 Å². The zero-order chi connectivity index (χ0) is 12.4. The first kappa shape index (κ1) is 12.6. The fraction of sp³-hybridized carbons (Fsp3) is 0.385. The van der Waals surface area contributed by atoms with Gasteiger partial charge in [-0.3, -0.25) is 9.69 Å². The molecule has 1 aliphatic rings. The summed E-state index contributed by atoms with van der Waals surface area (Å²) < 4.78 is 0.680. The third-order valence-electron chi connectivity index (χ3n) is 2.73.